The molecule has 3 aromatic rings. The van der Waals surface area contributed by atoms with E-state index in [4.69, 9.17) is 0 Å². The highest BCUT2D eigenvalue weighted by atomic mass is 16.3. The molecule has 0 spiro atoms. The number of fused-ring (bicyclic) bond motifs is 3. The van der Waals surface area contributed by atoms with Crippen molar-refractivity contribution in [1.82, 2.24) is 14.8 Å². The lowest BCUT2D eigenvalue weighted by molar-refractivity contribution is -0.133. The topological polar surface area (TPSA) is 59.6 Å². The molecule has 2 atom stereocenters. The van der Waals surface area contributed by atoms with Gasteiger partial charge in [0.05, 0.1) is 6.42 Å². The summed E-state index contributed by atoms with van der Waals surface area (Å²) in [5.41, 5.74) is 3.30. The third-order valence-electron chi connectivity index (χ3n) is 6.37. The predicted octanol–water partition coefficient (Wildman–Crippen LogP) is 3.41. The van der Waals surface area contributed by atoms with E-state index in [-0.39, 0.29) is 12.5 Å². The van der Waals surface area contributed by atoms with Crippen LogP contribution in [0.25, 0.3) is 21.8 Å². The van der Waals surface area contributed by atoms with Crippen molar-refractivity contribution < 1.29 is 9.90 Å². The molecule has 1 aromatic heterocycles. The largest absolute Gasteiger partial charge is 0.396 e. The minimum atomic E-state index is 0.204. The van der Waals surface area contributed by atoms with E-state index in [0.717, 1.165) is 48.9 Å². The molecule has 0 aliphatic carbocycles. The fourth-order valence-electron chi connectivity index (χ4n) is 4.86. The molecule has 1 saturated heterocycles. The van der Waals surface area contributed by atoms with Crippen LogP contribution in [0.3, 0.4) is 0 Å². The second-order valence-corrected chi connectivity index (χ2v) is 8.51. The molecular formula is C24H31N3O2. The Morgan fingerprint density at radius 1 is 1.17 bits per heavy atom. The summed E-state index contributed by atoms with van der Waals surface area (Å²) in [6.07, 6.45) is 3.20. The molecule has 2 heterocycles. The summed E-state index contributed by atoms with van der Waals surface area (Å²) in [6.45, 7) is 1.82. The van der Waals surface area contributed by atoms with Gasteiger partial charge in [0.2, 0.25) is 5.91 Å². The van der Waals surface area contributed by atoms with Crippen LogP contribution in [-0.4, -0.2) is 65.6 Å². The Morgan fingerprint density at radius 3 is 2.76 bits per heavy atom. The fourth-order valence-corrected chi connectivity index (χ4v) is 4.86. The molecule has 5 heteroatoms. The maximum Gasteiger partial charge on any atom is 0.227 e. The number of benzene rings is 2. The maximum atomic E-state index is 13.1. The lowest BCUT2D eigenvalue weighted by Gasteiger charge is -2.41. The van der Waals surface area contributed by atoms with Crippen LogP contribution >= 0.6 is 0 Å². The van der Waals surface area contributed by atoms with Gasteiger partial charge in [-0.05, 0) is 63.0 Å². The smallest absolute Gasteiger partial charge is 0.227 e. The molecule has 5 nitrogen and oxygen atoms in total. The number of likely N-dealkylation sites (tertiary alicyclic amines) is 1. The molecule has 1 aliphatic heterocycles. The molecule has 0 bridgehead atoms. The van der Waals surface area contributed by atoms with Crippen LogP contribution in [0, 0.1) is 5.92 Å². The van der Waals surface area contributed by atoms with Crippen LogP contribution in [0.4, 0.5) is 0 Å². The maximum absolute atomic E-state index is 13.1. The number of aliphatic hydroxyl groups excluding tert-OH is 1. The van der Waals surface area contributed by atoms with E-state index in [1.165, 1.54) is 10.8 Å². The van der Waals surface area contributed by atoms with E-state index in [9.17, 15) is 9.90 Å². The molecule has 0 radical (unpaired) electrons. The predicted molar refractivity (Wildman–Crippen MR) is 118 cm³/mol. The molecular weight excluding hydrogens is 362 g/mol. The van der Waals surface area contributed by atoms with Crippen molar-refractivity contribution >= 4 is 27.7 Å². The van der Waals surface area contributed by atoms with E-state index >= 15 is 0 Å². The van der Waals surface area contributed by atoms with Gasteiger partial charge in [0.25, 0.3) is 0 Å². The average Bonchev–Trinajstić information content (AvgIpc) is 3.10. The van der Waals surface area contributed by atoms with Crippen LogP contribution in [0.15, 0.2) is 42.5 Å². The molecule has 29 heavy (non-hydrogen) atoms. The number of piperidine rings is 1. The van der Waals surface area contributed by atoms with Crippen molar-refractivity contribution in [3.05, 3.63) is 48.0 Å². The zero-order valence-corrected chi connectivity index (χ0v) is 17.4. The van der Waals surface area contributed by atoms with Crippen LogP contribution in [0.2, 0.25) is 0 Å². The molecule has 154 valence electrons. The van der Waals surface area contributed by atoms with Gasteiger partial charge in [0.15, 0.2) is 0 Å². The molecule has 4 rings (SSSR count). The van der Waals surface area contributed by atoms with Gasteiger partial charge in [-0.1, -0.05) is 24.3 Å². The Kier molecular flexibility index (Phi) is 5.88. The Hall–Kier alpha value is -2.37. The van der Waals surface area contributed by atoms with Gasteiger partial charge < -0.3 is 19.9 Å². The third-order valence-corrected chi connectivity index (χ3v) is 6.37. The lowest BCUT2D eigenvalue weighted by Crippen LogP contribution is -2.51. The lowest BCUT2D eigenvalue weighted by atomic mass is 9.87. The van der Waals surface area contributed by atoms with Gasteiger partial charge in [-0.15, -0.1) is 0 Å². The van der Waals surface area contributed by atoms with Crippen molar-refractivity contribution in [2.75, 3.05) is 33.8 Å². The Morgan fingerprint density at radius 2 is 1.97 bits per heavy atom. The van der Waals surface area contributed by atoms with Gasteiger partial charge in [0.1, 0.15) is 0 Å². The van der Waals surface area contributed by atoms with E-state index in [1.54, 1.807) is 0 Å². The van der Waals surface area contributed by atoms with Crippen LogP contribution in [0.5, 0.6) is 0 Å². The fraction of sp³-hybridized carbons (Fsp3) is 0.458. The number of hydrogen-bond acceptors (Lipinski definition) is 3. The van der Waals surface area contributed by atoms with Gasteiger partial charge in [0, 0.05) is 47.5 Å². The zero-order chi connectivity index (χ0) is 20.4. The summed E-state index contributed by atoms with van der Waals surface area (Å²) in [5, 5.41) is 11.6. The van der Waals surface area contributed by atoms with Crippen molar-refractivity contribution in [2.24, 2.45) is 5.92 Å². The molecule has 2 N–H and O–H groups in total. The first kappa shape index (κ1) is 19.9. The minimum absolute atomic E-state index is 0.204. The first-order valence-corrected chi connectivity index (χ1v) is 10.6. The number of H-pyrrole nitrogens is 1. The van der Waals surface area contributed by atoms with Gasteiger partial charge in [-0.2, -0.15) is 0 Å². The number of carbonyl (C=O) groups is 1. The normalized spacial score (nSPS) is 20.1. The summed E-state index contributed by atoms with van der Waals surface area (Å²) in [7, 11) is 4.23. The second-order valence-electron chi connectivity index (χ2n) is 8.51. The van der Waals surface area contributed by atoms with Crippen molar-refractivity contribution in [3.8, 4) is 0 Å². The number of hydrogen-bond donors (Lipinski definition) is 2. The number of amides is 1. The van der Waals surface area contributed by atoms with Crippen LogP contribution in [0.1, 0.15) is 24.8 Å². The van der Waals surface area contributed by atoms with E-state index in [0.29, 0.717) is 18.4 Å². The summed E-state index contributed by atoms with van der Waals surface area (Å²) in [6, 6.07) is 15.1. The minimum Gasteiger partial charge on any atom is -0.396 e. The second kappa shape index (κ2) is 8.56. The number of para-hydroxylation sites is 1. The Bertz CT molecular complexity index is 994. The van der Waals surface area contributed by atoms with E-state index < -0.39 is 0 Å². The summed E-state index contributed by atoms with van der Waals surface area (Å²) in [4.78, 5) is 20.8. The number of aromatic amines is 1. The van der Waals surface area contributed by atoms with Gasteiger partial charge in [-0.25, -0.2) is 0 Å². The molecule has 0 unspecified atom stereocenters. The zero-order valence-electron chi connectivity index (χ0n) is 17.4. The first-order chi connectivity index (χ1) is 14.1. The highest BCUT2D eigenvalue weighted by Crippen LogP contribution is 2.28. The molecule has 1 fully saturated rings. The van der Waals surface area contributed by atoms with Gasteiger partial charge >= 0.3 is 0 Å². The number of rotatable bonds is 6. The molecule has 1 aliphatic rings. The number of aromatic nitrogens is 1. The average molecular weight is 394 g/mol. The highest BCUT2D eigenvalue weighted by Gasteiger charge is 2.32. The molecule has 1 amide bonds. The summed E-state index contributed by atoms with van der Waals surface area (Å²) >= 11 is 0. The Balaban J connectivity index is 1.49. The summed E-state index contributed by atoms with van der Waals surface area (Å²) < 4.78 is 0. The van der Waals surface area contributed by atoms with Crippen molar-refractivity contribution in [2.45, 2.75) is 31.7 Å². The number of aliphatic hydroxyl groups is 1. The van der Waals surface area contributed by atoms with E-state index in [2.05, 4.69) is 60.4 Å². The van der Waals surface area contributed by atoms with Crippen LogP contribution in [-0.2, 0) is 11.2 Å². The van der Waals surface area contributed by atoms with Crippen molar-refractivity contribution in [3.63, 3.8) is 0 Å². The highest BCUT2D eigenvalue weighted by molar-refractivity contribution is 6.07. The van der Waals surface area contributed by atoms with Gasteiger partial charge in [-0.3, -0.25) is 4.79 Å². The third kappa shape index (κ3) is 4.16. The van der Waals surface area contributed by atoms with Crippen LogP contribution < -0.4 is 0 Å². The van der Waals surface area contributed by atoms with E-state index in [1.807, 2.05) is 11.0 Å². The van der Waals surface area contributed by atoms with Crippen molar-refractivity contribution in [1.29, 1.82) is 0 Å². The quantitative estimate of drug-likeness (QED) is 0.675. The first-order valence-electron chi connectivity index (χ1n) is 10.6. The summed E-state index contributed by atoms with van der Waals surface area (Å²) in [5.74, 6) is 0.626. The number of nitrogens with one attached hydrogen (secondary N) is 1. The molecule has 2 aromatic carbocycles. The number of carbonyl (C=O) groups excluding carboxylic acids is 1. The number of nitrogens with zero attached hydrogens (tertiary/aromatic N) is 2. The SMILES string of the molecule is CN(C)[C@H]1CCN(C(=O)Cc2ccc3[nH]c4ccccc4c3c2)C[C@H]1CCCO. The standard InChI is InChI=1S/C24H31N3O2/c1-26(2)23-11-12-27(16-18(23)6-5-13-28)24(29)15-17-9-10-22-20(14-17)19-7-3-4-8-21(19)25-22/h3-4,7-10,14,18,23,25,28H,5-6,11-13,15-16H2,1-2H3/t18-,23+/m1/s1. The Labute approximate surface area is 172 Å². The monoisotopic (exact) mass is 393 g/mol. The molecule has 0 saturated carbocycles.